The number of nitrogens with zero attached hydrogens (tertiary/aromatic N) is 1. The number of aryl methyl sites for hydroxylation is 2. The van der Waals surface area contributed by atoms with Gasteiger partial charge in [0.15, 0.2) is 23.3 Å². The van der Waals surface area contributed by atoms with Gasteiger partial charge in [-0.3, -0.25) is 5.43 Å². The first-order valence-electron chi connectivity index (χ1n) is 6.09. The molecule has 0 atom stereocenters. The lowest BCUT2D eigenvalue weighted by molar-refractivity contribution is 0.458. The minimum atomic E-state index is -1.52. The molecule has 0 amide bonds. The van der Waals surface area contributed by atoms with Crippen molar-refractivity contribution in [2.45, 2.75) is 13.8 Å². The van der Waals surface area contributed by atoms with Gasteiger partial charge in [-0.05, 0) is 25.0 Å². The Hall–Kier alpha value is -2.37. The zero-order valence-corrected chi connectivity index (χ0v) is 11.3. The van der Waals surface area contributed by atoms with E-state index in [-0.39, 0.29) is 6.07 Å². The number of nitrogens with one attached hydrogen (secondary N) is 1. The summed E-state index contributed by atoms with van der Waals surface area (Å²) in [6, 6.07) is 5.67. The van der Waals surface area contributed by atoms with Crippen LogP contribution in [0, 0.1) is 37.1 Å². The summed E-state index contributed by atoms with van der Waals surface area (Å²) in [6.45, 7) is 3.77. The van der Waals surface area contributed by atoms with Crippen LogP contribution < -0.4 is 5.43 Å². The Morgan fingerprint density at radius 3 is 2.14 bits per heavy atom. The Morgan fingerprint density at radius 1 is 0.952 bits per heavy atom. The predicted octanol–water partition coefficient (Wildman–Crippen LogP) is 4.31. The maximum atomic E-state index is 13.4. The standard InChI is InChI=1S/C15H12F4N2/c1-8-3-4-10(9(2)5-8)7-20-21-15-13(18)11(16)6-12(17)14(15)19/h3-7,21H,1-2H3. The Kier molecular flexibility index (Phi) is 4.26. The van der Waals surface area contributed by atoms with Crippen LogP contribution in [0.5, 0.6) is 0 Å². The lowest BCUT2D eigenvalue weighted by Gasteiger charge is -2.06. The molecule has 110 valence electrons. The third-order valence-electron chi connectivity index (χ3n) is 2.92. The third kappa shape index (κ3) is 3.21. The molecule has 0 fully saturated rings. The third-order valence-corrected chi connectivity index (χ3v) is 2.92. The Balaban J connectivity index is 2.26. The average Bonchev–Trinajstić information content (AvgIpc) is 2.42. The van der Waals surface area contributed by atoms with E-state index >= 15 is 0 Å². The number of hydrazone groups is 1. The first kappa shape index (κ1) is 15.0. The summed E-state index contributed by atoms with van der Waals surface area (Å²) in [6.07, 6.45) is 1.32. The monoisotopic (exact) mass is 296 g/mol. The van der Waals surface area contributed by atoms with E-state index in [1.807, 2.05) is 31.4 Å². The molecular formula is C15H12F4N2. The van der Waals surface area contributed by atoms with Gasteiger partial charge in [-0.2, -0.15) is 5.10 Å². The maximum Gasteiger partial charge on any atom is 0.186 e. The predicted molar refractivity (Wildman–Crippen MR) is 73.4 cm³/mol. The fourth-order valence-electron chi connectivity index (χ4n) is 1.81. The highest BCUT2D eigenvalue weighted by Gasteiger charge is 2.18. The molecule has 2 rings (SSSR count). The normalized spacial score (nSPS) is 11.1. The van der Waals surface area contributed by atoms with E-state index in [1.54, 1.807) is 6.07 Å². The van der Waals surface area contributed by atoms with Gasteiger partial charge in [0.1, 0.15) is 5.69 Å². The van der Waals surface area contributed by atoms with Crippen LogP contribution in [0.2, 0.25) is 0 Å². The SMILES string of the molecule is Cc1ccc(C=NNc2c(F)c(F)cc(F)c2F)c(C)c1. The smallest absolute Gasteiger partial charge is 0.186 e. The lowest BCUT2D eigenvalue weighted by atomic mass is 10.1. The fraction of sp³-hybridized carbons (Fsp3) is 0.133. The van der Waals surface area contributed by atoms with E-state index in [2.05, 4.69) is 5.10 Å². The molecule has 0 aliphatic heterocycles. The van der Waals surface area contributed by atoms with E-state index in [0.717, 1.165) is 11.1 Å². The molecule has 6 heteroatoms. The number of benzene rings is 2. The minimum Gasteiger partial charge on any atom is -0.272 e. The Bertz CT molecular complexity index is 685. The Morgan fingerprint density at radius 2 is 1.57 bits per heavy atom. The number of anilines is 1. The molecule has 0 aliphatic rings. The second-order valence-corrected chi connectivity index (χ2v) is 4.57. The van der Waals surface area contributed by atoms with Gasteiger partial charge in [0, 0.05) is 6.07 Å². The zero-order valence-electron chi connectivity index (χ0n) is 11.3. The van der Waals surface area contributed by atoms with Gasteiger partial charge < -0.3 is 0 Å². The Labute approximate surface area is 119 Å². The van der Waals surface area contributed by atoms with Crippen molar-refractivity contribution in [2.75, 3.05) is 5.43 Å². The van der Waals surface area contributed by atoms with Crippen molar-refractivity contribution in [1.29, 1.82) is 0 Å². The topological polar surface area (TPSA) is 24.4 Å². The molecule has 1 N–H and O–H groups in total. The van der Waals surface area contributed by atoms with Gasteiger partial charge in [0.2, 0.25) is 0 Å². The molecular weight excluding hydrogens is 284 g/mol. The maximum absolute atomic E-state index is 13.4. The quantitative estimate of drug-likeness (QED) is 0.388. The molecule has 0 saturated carbocycles. The van der Waals surface area contributed by atoms with Crippen LogP contribution in [0.1, 0.15) is 16.7 Å². The highest BCUT2D eigenvalue weighted by Crippen LogP contribution is 2.24. The van der Waals surface area contributed by atoms with Crippen molar-refractivity contribution >= 4 is 11.9 Å². The number of rotatable bonds is 3. The molecule has 2 nitrogen and oxygen atoms in total. The molecule has 0 saturated heterocycles. The van der Waals surface area contributed by atoms with Crippen molar-refractivity contribution in [3.05, 3.63) is 64.2 Å². The van der Waals surface area contributed by atoms with Gasteiger partial charge in [-0.25, -0.2) is 17.6 Å². The molecule has 0 heterocycles. The molecule has 0 bridgehead atoms. The first-order chi connectivity index (χ1) is 9.90. The molecule has 0 aromatic heterocycles. The summed E-state index contributed by atoms with van der Waals surface area (Å²) in [5, 5.41) is 3.62. The van der Waals surface area contributed by atoms with Gasteiger partial charge in [-0.15, -0.1) is 0 Å². The summed E-state index contributed by atoms with van der Waals surface area (Å²) in [5.41, 5.74) is 3.71. The first-order valence-corrected chi connectivity index (χ1v) is 6.09. The van der Waals surface area contributed by atoms with Gasteiger partial charge >= 0.3 is 0 Å². The van der Waals surface area contributed by atoms with Crippen molar-refractivity contribution in [3.63, 3.8) is 0 Å². The fourth-order valence-corrected chi connectivity index (χ4v) is 1.81. The summed E-state index contributed by atoms with van der Waals surface area (Å²) in [4.78, 5) is 0. The van der Waals surface area contributed by atoms with Crippen LogP contribution in [0.4, 0.5) is 23.2 Å². The van der Waals surface area contributed by atoms with Crippen molar-refractivity contribution in [2.24, 2.45) is 5.10 Å². The highest BCUT2D eigenvalue weighted by atomic mass is 19.2. The van der Waals surface area contributed by atoms with Gasteiger partial charge in [0.05, 0.1) is 6.21 Å². The van der Waals surface area contributed by atoms with Gasteiger partial charge in [0.25, 0.3) is 0 Å². The number of hydrogen-bond donors (Lipinski definition) is 1. The molecule has 0 aliphatic carbocycles. The van der Waals surface area contributed by atoms with Gasteiger partial charge in [-0.1, -0.05) is 23.8 Å². The molecule has 0 spiro atoms. The van der Waals surface area contributed by atoms with Crippen LogP contribution in [0.25, 0.3) is 0 Å². The van der Waals surface area contributed by atoms with Crippen LogP contribution in [-0.2, 0) is 0 Å². The van der Waals surface area contributed by atoms with E-state index in [9.17, 15) is 17.6 Å². The molecule has 2 aromatic rings. The van der Waals surface area contributed by atoms with Crippen molar-refractivity contribution in [3.8, 4) is 0 Å². The molecule has 2 aromatic carbocycles. The lowest BCUT2D eigenvalue weighted by Crippen LogP contribution is -2.03. The van der Waals surface area contributed by atoms with Crippen molar-refractivity contribution < 1.29 is 17.6 Å². The second kappa shape index (κ2) is 5.95. The number of hydrogen-bond acceptors (Lipinski definition) is 2. The zero-order chi connectivity index (χ0) is 15.6. The van der Waals surface area contributed by atoms with Crippen LogP contribution in [0.15, 0.2) is 29.4 Å². The van der Waals surface area contributed by atoms with E-state index < -0.39 is 29.0 Å². The highest BCUT2D eigenvalue weighted by molar-refractivity contribution is 5.82. The molecule has 21 heavy (non-hydrogen) atoms. The summed E-state index contributed by atoms with van der Waals surface area (Å²) < 4.78 is 52.8. The van der Waals surface area contributed by atoms with E-state index in [4.69, 9.17) is 0 Å². The van der Waals surface area contributed by atoms with Crippen LogP contribution >= 0.6 is 0 Å². The average molecular weight is 296 g/mol. The molecule has 0 radical (unpaired) electrons. The second-order valence-electron chi connectivity index (χ2n) is 4.57. The minimum absolute atomic E-state index is 0.143. The summed E-state index contributed by atoms with van der Waals surface area (Å²) in [7, 11) is 0. The van der Waals surface area contributed by atoms with Crippen LogP contribution in [-0.4, -0.2) is 6.21 Å². The van der Waals surface area contributed by atoms with Crippen molar-refractivity contribution in [1.82, 2.24) is 0 Å². The van der Waals surface area contributed by atoms with E-state index in [0.29, 0.717) is 5.56 Å². The van der Waals surface area contributed by atoms with E-state index in [1.165, 1.54) is 6.21 Å². The summed E-state index contributed by atoms with van der Waals surface area (Å²) in [5.74, 6) is -6.02. The molecule has 0 unspecified atom stereocenters. The summed E-state index contributed by atoms with van der Waals surface area (Å²) >= 11 is 0. The van der Waals surface area contributed by atoms with Crippen LogP contribution in [0.3, 0.4) is 0 Å². The largest absolute Gasteiger partial charge is 0.272 e. The number of halogens is 4.